The number of thiazole rings is 1. The van der Waals surface area contributed by atoms with Gasteiger partial charge >= 0.3 is 0 Å². The molecule has 0 unspecified atom stereocenters. The monoisotopic (exact) mass is 298 g/mol. The zero-order valence-electron chi connectivity index (χ0n) is 11.9. The first kappa shape index (κ1) is 15.1. The van der Waals surface area contributed by atoms with E-state index in [9.17, 15) is 4.79 Å². The predicted octanol–water partition coefficient (Wildman–Crippen LogP) is 1.48. The molecule has 1 aromatic rings. The van der Waals surface area contributed by atoms with E-state index in [0.717, 1.165) is 24.6 Å². The molecule has 20 heavy (non-hydrogen) atoms. The number of nitrogens with two attached hydrogens (primary N) is 1. The van der Waals surface area contributed by atoms with Crippen molar-refractivity contribution in [1.29, 1.82) is 0 Å². The van der Waals surface area contributed by atoms with Gasteiger partial charge in [-0.25, -0.2) is 4.98 Å². The Morgan fingerprint density at radius 2 is 2.25 bits per heavy atom. The zero-order chi connectivity index (χ0) is 14.4. The Hall–Kier alpha value is -1.34. The Labute approximate surface area is 123 Å². The molecule has 0 radical (unpaired) electrons. The number of carbonyl (C=O) groups excluding carboxylic acids is 1. The molecule has 1 fully saturated rings. The molecule has 1 aliphatic rings. The molecular weight excluding hydrogens is 276 g/mol. The molecule has 7 heteroatoms. The lowest BCUT2D eigenvalue weighted by atomic mass is 10.4. The topological polar surface area (TPSA) is 80.5 Å². The van der Waals surface area contributed by atoms with Gasteiger partial charge in [-0.05, 0) is 26.2 Å². The predicted molar refractivity (Wildman–Crippen MR) is 81.4 cm³/mol. The maximum Gasteiger partial charge on any atom is 0.265 e. The van der Waals surface area contributed by atoms with Gasteiger partial charge in [0.05, 0.1) is 0 Å². The molecule has 1 aliphatic heterocycles. The van der Waals surface area contributed by atoms with E-state index in [1.54, 1.807) is 0 Å². The number of nitrogens with one attached hydrogen (secondary N) is 1. The first-order valence-corrected chi connectivity index (χ1v) is 7.91. The number of carbonyl (C=O) groups is 1. The van der Waals surface area contributed by atoms with Gasteiger partial charge < -0.3 is 20.7 Å². The van der Waals surface area contributed by atoms with Crippen LogP contribution < -0.4 is 16.0 Å². The number of rotatable bonds is 7. The molecule has 0 aliphatic carbocycles. The largest absolute Gasteiger partial charge is 0.382 e. The van der Waals surface area contributed by atoms with Crippen LogP contribution in [0.2, 0.25) is 0 Å². The van der Waals surface area contributed by atoms with E-state index in [1.807, 2.05) is 6.92 Å². The molecule has 2 rings (SSSR count). The van der Waals surface area contributed by atoms with Crippen molar-refractivity contribution in [2.24, 2.45) is 0 Å². The average Bonchev–Trinajstić information content (AvgIpc) is 3.07. The second-order valence-corrected chi connectivity index (χ2v) is 5.69. The van der Waals surface area contributed by atoms with Crippen LogP contribution in [0.5, 0.6) is 0 Å². The summed E-state index contributed by atoms with van der Waals surface area (Å²) in [7, 11) is 0. The van der Waals surface area contributed by atoms with E-state index >= 15 is 0 Å². The first-order chi connectivity index (χ1) is 9.72. The van der Waals surface area contributed by atoms with Crippen LogP contribution in [0.15, 0.2) is 0 Å². The summed E-state index contributed by atoms with van der Waals surface area (Å²) in [6, 6.07) is 0. The number of nitrogen functional groups attached to an aromatic ring is 1. The first-order valence-electron chi connectivity index (χ1n) is 7.09. The third kappa shape index (κ3) is 3.83. The van der Waals surface area contributed by atoms with Gasteiger partial charge in [-0.15, -0.1) is 0 Å². The molecule has 0 atom stereocenters. The average molecular weight is 298 g/mol. The minimum atomic E-state index is -0.137. The molecule has 0 saturated carbocycles. The molecule has 3 N–H and O–H groups in total. The van der Waals surface area contributed by atoms with Crippen LogP contribution in [0.3, 0.4) is 0 Å². The quantitative estimate of drug-likeness (QED) is 0.745. The van der Waals surface area contributed by atoms with Crippen LogP contribution in [0, 0.1) is 0 Å². The molecule has 0 aromatic carbocycles. The van der Waals surface area contributed by atoms with Crippen LogP contribution in [0.25, 0.3) is 0 Å². The number of nitrogens with zero attached hydrogens (tertiary/aromatic N) is 2. The highest BCUT2D eigenvalue weighted by atomic mass is 32.1. The molecule has 1 aromatic heterocycles. The van der Waals surface area contributed by atoms with Crippen molar-refractivity contribution < 1.29 is 9.53 Å². The summed E-state index contributed by atoms with van der Waals surface area (Å²) >= 11 is 1.38. The van der Waals surface area contributed by atoms with E-state index in [1.165, 1.54) is 24.2 Å². The maximum absolute atomic E-state index is 12.0. The van der Waals surface area contributed by atoms with Gasteiger partial charge in [0.25, 0.3) is 5.91 Å². The van der Waals surface area contributed by atoms with Crippen molar-refractivity contribution >= 4 is 28.2 Å². The third-order valence-electron chi connectivity index (χ3n) is 3.18. The summed E-state index contributed by atoms with van der Waals surface area (Å²) in [5.74, 6) is 0.196. The second-order valence-electron chi connectivity index (χ2n) is 4.71. The van der Waals surface area contributed by atoms with E-state index < -0.39 is 0 Å². The van der Waals surface area contributed by atoms with Crippen molar-refractivity contribution in [2.75, 3.05) is 43.5 Å². The second kappa shape index (κ2) is 7.44. The number of hydrogen-bond donors (Lipinski definition) is 2. The highest BCUT2D eigenvalue weighted by Crippen LogP contribution is 2.30. The SMILES string of the molecule is CCOCCCNC(=O)c1sc(N2CCCC2)nc1N. The summed E-state index contributed by atoms with van der Waals surface area (Å²) < 4.78 is 5.22. The van der Waals surface area contributed by atoms with Crippen molar-refractivity contribution in [3.05, 3.63) is 4.88 Å². The van der Waals surface area contributed by atoms with Crippen LogP contribution in [0.4, 0.5) is 10.9 Å². The van der Waals surface area contributed by atoms with E-state index in [-0.39, 0.29) is 5.91 Å². The number of hydrogen-bond acceptors (Lipinski definition) is 6. The maximum atomic E-state index is 12.0. The Morgan fingerprint density at radius 3 is 2.95 bits per heavy atom. The fraction of sp³-hybridized carbons (Fsp3) is 0.692. The van der Waals surface area contributed by atoms with Gasteiger partial charge in [-0.1, -0.05) is 11.3 Å². The summed E-state index contributed by atoms with van der Waals surface area (Å²) in [4.78, 5) is 19.1. The molecule has 6 nitrogen and oxygen atoms in total. The third-order valence-corrected chi connectivity index (χ3v) is 4.31. The lowest BCUT2D eigenvalue weighted by Crippen LogP contribution is -2.25. The zero-order valence-corrected chi connectivity index (χ0v) is 12.7. The molecule has 0 spiro atoms. The minimum absolute atomic E-state index is 0.137. The van der Waals surface area contributed by atoms with Gasteiger partial charge in [0.15, 0.2) is 5.13 Å². The molecule has 1 saturated heterocycles. The number of amides is 1. The molecule has 0 bridgehead atoms. The van der Waals surface area contributed by atoms with Gasteiger partial charge in [-0.2, -0.15) is 0 Å². The Balaban J connectivity index is 1.86. The van der Waals surface area contributed by atoms with Crippen LogP contribution in [-0.2, 0) is 4.74 Å². The molecule has 112 valence electrons. The fourth-order valence-corrected chi connectivity index (χ4v) is 3.08. The molecule has 1 amide bonds. The smallest absolute Gasteiger partial charge is 0.265 e. The van der Waals surface area contributed by atoms with Crippen molar-refractivity contribution in [2.45, 2.75) is 26.2 Å². The Morgan fingerprint density at radius 1 is 1.50 bits per heavy atom. The van der Waals surface area contributed by atoms with Crippen LogP contribution >= 0.6 is 11.3 Å². The standard InChI is InChI=1S/C13H22N4O2S/c1-2-19-9-5-6-15-12(18)10-11(14)16-13(20-10)17-7-3-4-8-17/h2-9,14H2,1H3,(H,15,18). The van der Waals surface area contributed by atoms with Crippen LogP contribution in [-0.4, -0.2) is 43.7 Å². The summed E-state index contributed by atoms with van der Waals surface area (Å²) in [5.41, 5.74) is 5.85. The summed E-state index contributed by atoms with van der Waals surface area (Å²) in [6.07, 6.45) is 3.16. The van der Waals surface area contributed by atoms with Crippen LogP contribution in [0.1, 0.15) is 35.9 Å². The normalized spacial score (nSPS) is 14.8. The highest BCUT2D eigenvalue weighted by molar-refractivity contribution is 7.18. The summed E-state index contributed by atoms with van der Waals surface area (Å²) in [6.45, 7) is 5.92. The van der Waals surface area contributed by atoms with E-state index in [4.69, 9.17) is 10.5 Å². The lowest BCUT2D eigenvalue weighted by molar-refractivity contribution is 0.0949. The van der Waals surface area contributed by atoms with Gasteiger partial charge in [0, 0.05) is 32.8 Å². The highest BCUT2D eigenvalue weighted by Gasteiger charge is 2.21. The van der Waals surface area contributed by atoms with Crippen molar-refractivity contribution in [3.63, 3.8) is 0 Å². The molecular formula is C13H22N4O2S. The Kier molecular flexibility index (Phi) is 5.60. The minimum Gasteiger partial charge on any atom is -0.382 e. The fourth-order valence-electron chi connectivity index (χ4n) is 2.13. The van der Waals surface area contributed by atoms with Gasteiger partial charge in [0.2, 0.25) is 0 Å². The van der Waals surface area contributed by atoms with Crippen molar-refractivity contribution in [3.8, 4) is 0 Å². The summed E-state index contributed by atoms with van der Waals surface area (Å²) in [5, 5.41) is 3.72. The van der Waals surface area contributed by atoms with Crippen molar-refractivity contribution in [1.82, 2.24) is 10.3 Å². The van der Waals surface area contributed by atoms with E-state index in [0.29, 0.717) is 30.5 Å². The lowest BCUT2D eigenvalue weighted by Gasteiger charge is -2.11. The number of ether oxygens (including phenoxy) is 1. The van der Waals surface area contributed by atoms with E-state index in [2.05, 4.69) is 15.2 Å². The number of aromatic nitrogens is 1. The van der Waals surface area contributed by atoms with Gasteiger partial charge in [0.1, 0.15) is 10.7 Å². The number of anilines is 2. The Bertz CT molecular complexity index is 444. The molecule has 2 heterocycles. The van der Waals surface area contributed by atoms with Gasteiger partial charge in [-0.3, -0.25) is 4.79 Å².